The van der Waals surface area contributed by atoms with Crippen molar-refractivity contribution in [2.75, 3.05) is 55.4 Å². The van der Waals surface area contributed by atoms with Crippen molar-refractivity contribution in [2.45, 2.75) is 18.4 Å². The molecule has 0 amide bonds. The predicted octanol–water partition coefficient (Wildman–Crippen LogP) is 2.75. The summed E-state index contributed by atoms with van der Waals surface area (Å²) in [6.45, 7) is 5.44. The Balaban J connectivity index is 1.82. The highest BCUT2D eigenvalue weighted by Gasteiger charge is 2.26. The largest absolute Gasteiger partial charge is 0.383 e. The summed E-state index contributed by atoms with van der Waals surface area (Å²) in [6.07, 6.45) is 0. The Kier molecular flexibility index (Phi) is 6.64. The van der Waals surface area contributed by atoms with Crippen molar-refractivity contribution in [1.29, 1.82) is 0 Å². The Labute approximate surface area is 189 Å². The number of sulfone groups is 1. The SMILES string of the molecule is COCCN(CCN)c1cc(N2CCS(=O)(=O)c3ccccc3C2)nc2ccc(C)cc12. The zero-order chi connectivity index (χ0) is 22.7. The molecule has 1 aromatic heterocycles. The van der Waals surface area contributed by atoms with Gasteiger partial charge in [0.15, 0.2) is 9.84 Å². The Hall–Kier alpha value is -2.68. The first-order chi connectivity index (χ1) is 15.4. The molecule has 7 nitrogen and oxygen atoms in total. The fraction of sp³-hybridized carbons (Fsp3) is 0.375. The molecule has 0 fully saturated rings. The molecule has 0 unspecified atom stereocenters. The van der Waals surface area contributed by atoms with Crippen molar-refractivity contribution in [2.24, 2.45) is 5.73 Å². The van der Waals surface area contributed by atoms with Crippen LogP contribution in [0, 0.1) is 6.92 Å². The van der Waals surface area contributed by atoms with Gasteiger partial charge in [-0.3, -0.25) is 0 Å². The Morgan fingerprint density at radius 3 is 2.75 bits per heavy atom. The lowest BCUT2D eigenvalue weighted by Gasteiger charge is -2.28. The number of hydrogen-bond acceptors (Lipinski definition) is 7. The maximum Gasteiger partial charge on any atom is 0.180 e. The molecular formula is C24H30N4O3S. The number of rotatable bonds is 7. The van der Waals surface area contributed by atoms with Crippen LogP contribution in [-0.4, -0.2) is 59.1 Å². The molecular weight excluding hydrogens is 424 g/mol. The second-order valence-electron chi connectivity index (χ2n) is 8.14. The van der Waals surface area contributed by atoms with E-state index in [2.05, 4.69) is 28.9 Å². The van der Waals surface area contributed by atoms with Crippen LogP contribution in [-0.2, 0) is 21.1 Å². The summed E-state index contributed by atoms with van der Waals surface area (Å²) in [4.78, 5) is 9.63. The van der Waals surface area contributed by atoms with Crippen LogP contribution < -0.4 is 15.5 Å². The van der Waals surface area contributed by atoms with Crippen LogP contribution in [0.1, 0.15) is 11.1 Å². The molecule has 0 saturated carbocycles. The van der Waals surface area contributed by atoms with Gasteiger partial charge < -0.3 is 20.3 Å². The fourth-order valence-corrected chi connectivity index (χ4v) is 5.70. The maximum absolute atomic E-state index is 12.8. The maximum atomic E-state index is 12.8. The lowest BCUT2D eigenvalue weighted by molar-refractivity contribution is 0.205. The van der Waals surface area contributed by atoms with Crippen LogP contribution in [0.2, 0.25) is 0 Å². The van der Waals surface area contributed by atoms with Crippen molar-refractivity contribution in [3.63, 3.8) is 0 Å². The summed E-state index contributed by atoms with van der Waals surface area (Å²) >= 11 is 0. The molecule has 4 rings (SSSR count). The van der Waals surface area contributed by atoms with E-state index in [1.165, 1.54) is 0 Å². The normalized spacial score (nSPS) is 15.4. The van der Waals surface area contributed by atoms with Crippen molar-refractivity contribution in [3.05, 3.63) is 59.7 Å². The minimum atomic E-state index is -3.33. The minimum absolute atomic E-state index is 0.0587. The number of ether oxygens (including phenoxy) is 1. The van der Waals surface area contributed by atoms with E-state index in [9.17, 15) is 8.42 Å². The lowest BCUT2D eigenvalue weighted by Crippen LogP contribution is -2.33. The molecule has 2 N–H and O–H groups in total. The Morgan fingerprint density at radius 1 is 1.16 bits per heavy atom. The molecule has 0 aliphatic carbocycles. The first-order valence-electron chi connectivity index (χ1n) is 10.8. The highest BCUT2D eigenvalue weighted by molar-refractivity contribution is 7.91. The highest BCUT2D eigenvalue weighted by atomic mass is 32.2. The topological polar surface area (TPSA) is 88.8 Å². The minimum Gasteiger partial charge on any atom is -0.383 e. The monoisotopic (exact) mass is 454 g/mol. The molecule has 0 bridgehead atoms. The molecule has 170 valence electrons. The average Bonchev–Trinajstić information content (AvgIpc) is 2.92. The van der Waals surface area contributed by atoms with E-state index >= 15 is 0 Å². The quantitative estimate of drug-likeness (QED) is 0.587. The van der Waals surface area contributed by atoms with E-state index in [0.717, 1.165) is 33.5 Å². The molecule has 32 heavy (non-hydrogen) atoms. The lowest BCUT2D eigenvalue weighted by atomic mass is 10.1. The second-order valence-corrected chi connectivity index (χ2v) is 10.2. The molecule has 0 saturated heterocycles. The predicted molar refractivity (Wildman–Crippen MR) is 129 cm³/mol. The summed E-state index contributed by atoms with van der Waals surface area (Å²) < 4.78 is 31.0. The van der Waals surface area contributed by atoms with Gasteiger partial charge in [0.05, 0.1) is 22.8 Å². The molecule has 2 aromatic carbocycles. The van der Waals surface area contributed by atoms with Gasteiger partial charge in [0.25, 0.3) is 0 Å². The van der Waals surface area contributed by atoms with Crippen LogP contribution in [0.4, 0.5) is 11.5 Å². The molecule has 0 radical (unpaired) electrons. The van der Waals surface area contributed by atoms with Crippen LogP contribution in [0.15, 0.2) is 53.4 Å². The van der Waals surface area contributed by atoms with E-state index in [4.69, 9.17) is 15.5 Å². The third kappa shape index (κ3) is 4.57. The van der Waals surface area contributed by atoms with Gasteiger partial charge in [0.2, 0.25) is 0 Å². The average molecular weight is 455 g/mol. The van der Waals surface area contributed by atoms with Crippen molar-refractivity contribution in [3.8, 4) is 0 Å². The molecule has 0 spiro atoms. The molecule has 8 heteroatoms. The van der Waals surface area contributed by atoms with E-state index in [-0.39, 0.29) is 5.75 Å². The van der Waals surface area contributed by atoms with Gasteiger partial charge in [-0.25, -0.2) is 13.4 Å². The summed E-state index contributed by atoms with van der Waals surface area (Å²) in [5, 5.41) is 1.06. The van der Waals surface area contributed by atoms with Crippen LogP contribution in [0.25, 0.3) is 10.9 Å². The zero-order valence-electron chi connectivity index (χ0n) is 18.6. The zero-order valence-corrected chi connectivity index (χ0v) is 19.4. The number of nitrogens with two attached hydrogens (primary N) is 1. The van der Waals surface area contributed by atoms with E-state index < -0.39 is 9.84 Å². The van der Waals surface area contributed by atoms with Crippen LogP contribution in [0.5, 0.6) is 0 Å². The van der Waals surface area contributed by atoms with Gasteiger partial charge in [-0.05, 0) is 30.7 Å². The molecule has 0 atom stereocenters. The number of nitrogens with zero attached hydrogens (tertiary/aromatic N) is 3. The standard InChI is InChI=1S/C24H30N4O3S/c1-18-7-8-21-20(15-18)22(27(10-9-25)11-13-31-2)16-24(26-21)28-12-14-32(29,30)23-6-4-3-5-19(23)17-28/h3-8,15-16H,9-14,17,25H2,1-2H3. The number of hydrogen-bond donors (Lipinski definition) is 1. The summed E-state index contributed by atoms with van der Waals surface area (Å²) in [5.41, 5.74) is 9.79. The third-order valence-corrected chi connectivity index (χ3v) is 7.65. The van der Waals surface area contributed by atoms with Crippen molar-refractivity contribution < 1.29 is 13.2 Å². The highest BCUT2D eigenvalue weighted by Crippen LogP contribution is 2.33. The third-order valence-electron chi connectivity index (χ3n) is 5.86. The number of methoxy groups -OCH3 is 1. The van der Waals surface area contributed by atoms with Crippen LogP contribution >= 0.6 is 0 Å². The van der Waals surface area contributed by atoms with E-state index in [0.29, 0.717) is 44.2 Å². The first-order valence-corrected chi connectivity index (χ1v) is 12.5. The summed E-state index contributed by atoms with van der Waals surface area (Å²) in [7, 11) is -1.64. The Morgan fingerprint density at radius 2 is 1.97 bits per heavy atom. The smallest absolute Gasteiger partial charge is 0.180 e. The summed E-state index contributed by atoms with van der Waals surface area (Å²) in [6, 6.07) is 15.5. The van der Waals surface area contributed by atoms with Gasteiger partial charge in [-0.2, -0.15) is 0 Å². The molecule has 3 aromatic rings. The van der Waals surface area contributed by atoms with Gasteiger partial charge in [-0.15, -0.1) is 0 Å². The Bertz CT molecular complexity index is 1210. The molecule has 1 aliphatic rings. The number of fused-ring (bicyclic) bond motifs is 2. The van der Waals surface area contributed by atoms with E-state index in [1.807, 2.05) is 24.3 Å². The van der Waals surface area contributed by atoms with Gasteiger partial charge in [0, 0.05) is 57.0 Å². The first kappa shape index (κ1) is 22.5. The number of aryl methyl sites for hydroxylation is 1. The van der Waals surface area contributed by atoms with Gasteiger partial charge in [-0.1, -0.05) is 29.8 Å². The van der Waals surface area contributed by atoms with Gasteiger partial charge >= 0.3 is 0 Å². The van der Waals surface area contributed by atoms with Crippen molar-refractivity contribution in [1.82, 2.24) is 4.98 Å². The molecule has 2 heterocycles. The number of benzene rings is 2. The summed E-state index contributed by atoms with van der Waals surface area (Å²) in [5.74, 6) is 0.825. The van der Waals surface area contributed by atoms with Crippen LogP contribution in [0.3, 0.4) is 0 Å². The van der Waals surface area contributed by atoms with E-state index in [1.54, 1.807) is 19.2 Å². The van der Waals surface area contributed by atoms with Gasteiger partial charge in [0.1, 0.15) is 5.82 Å². The van der Waals surface area contributed by atoms with Crippen molar-refractivity contribution >= 4 is 32.2 Å². The number of pyridine rings is 1. The number of anilines is 2. The molecule has 1 aliphatic heterocycles. The second kappa shape index (κ2) is 9.44. The fourth-order valence-electron chi connectivity index (χ4n) is 4.20. The number of aromatic nitrogens is 1.